The summed E-state index contributed by atoms with van der Waals surface area (Å²) in [7, 11) is 0. The van der Waals surface area contributed by atoms with Crippen molar-refractivity contribution in [3.8, 4) is 0 Å². The van der Waals surface area contributed by atoms with Gasteiger partial charge in [-0.15, -0.1) is 0 Å². The van der Waals surface area contributed by atoms with Crippen LogP contribution in [0.2, 0.25) is 0 Å². The SMILES string of the molecule is C=O.CC(=C(Cl)C(F)(F)F)C(F)(F)F. The fourth-order valence-electron chi connectivity index (χ4n) is 0.337. The summed E-state index contributed by atoms with van der Waals surface area (Å²) in [6.45, 7) is 2.27. The van der Waals surface area contributed by atoms with Gasteiger partial charge in [0.05, 0.1) is 5.57 Å². The van der Waals surface area contributed by atoms with Gasteiger partial charge in [0.15, 0.2) is 0 Å². The molecule has 0 aliphatic carbocycles. The standard InChI is InChI=1S/C5H3ClF6.CH2O/c1-2(4(7,8)9)3(6)5(10,11)12;1-2/h1H3;1H2. The molecule has 0 saturated carbocycles. The normalized spacial score (nSPS) is 14.0. The van der Waals surface area contributed by atoms with Crippen LogP contribution in [0.25, 0.3) is 0 Å². The van der Waals surface area contributed by atoms with Crippen molar-refractivity contribution in [3.63, 3.8) is 0 Å². The van der Waals surface area contributed by atoms with Crippen LogP contribution in [-0.4, -0.2) is 19.1 Å². The molecule has 1 nitrogen and oxygen atoms in total. The van der Waals surface area contributed by atoms with Gasteiger partial charge in [-0.3, -0.25) is 0 Å². The third kappa shape index (κ3) is 5.11. The fourth-order valence-corrected chi connectivity index (χ4v) is 0.444. The van der Waals surface area contributed by atoms with Crippen LogP contribution in [0.1, 0.15) is 6.92 Å². The molecule has 0 aromatic rings. The highest BCUT2D eigenvalue weighted by Crippen LogP contribution is 2.37. The molecule has 0 fully saturated rings. The van der Waals surface area contributed by atoms with E-state index in [4.69, 9.17) is 4.79 Å². The van der Waals surface area contributed by atoms with E-state index in [2.05, 4.69) is 11.6 Å². The summed E-state index contributed by atoms with van der Waals surface area (Å²) in [5.74, 6) is 0. The number of hydrogen-bond donors (Lipinski definition) is 0. The molecule has 0 spiro atoms. The average molecular weight is 243 g/mol. The molecule has 0 rings (SSSR count). The number of rotatable bonds is 0. The van der Waals surface area contributed by atoms with E-state index in [-0.39, 0.29) is 6.92 Å². The lowest BCUT2D eigenvalue weighted by molar-refractivity contribution is -0.110. The van der Waals surface area contributed by atoms with Gasteiger partial charge in [-0.25, -0.2) is 0 Å². The van der Waals surface area contributed by atoms with Crippen molar-refractivity contribution in [1.29, 1.82) is 0 Å². The van der Waals surface area contributed by atoms with Crippen molar-refractivity contribution in [2.45, 2.75) is 19.3 Å². The van der Waals surface area contributed by atoms with E-state index in [9.17, 15) is 26.3 Å². The van der Waals surface area contributed by atoms with Gasteiger partial charge in [-0.1, -0.05) is 11.6 Å². The minimum atomic E-state index is -5.14. The molecule has 0 aromatic heterocycles. The number of halogens is 7. The molecule has 0 saturated heterocycles. The Labute approximate surface area is 80.3 Å². The Morgan fingerprint density at radius 1 is 1.00 bits per heavy atom. The van der Waals surface area contributed by atoms with Gasteiger partial charge in [-0.2, -0.15) is 26.3 Å². The van der Waals surface area contributed by atoms with Gasteiger partial charge in [-0.05, 0) is 6.92 Å². The second-order valence-corrected chi connectivity index (χ2v) is 2.31. The Morgan fingerprint density at radius 2 is 1.29 bits per heavy atom. The molecule has 0 unspecified atom stereocenters. The molecule has 8 heteroatoms. The summed E-state index contributed by atoms with van der Waals surface area (Å²) in [4.78, 5) is 8.00. The van der Waals surface area contributed by atoms with Crippen LogP contribution >= 0.6 is 11.6 Å². The molecular weight excluding hydrogens is 238 g/mol. The van der Waals surface area contributed by atoms with Gasteiger partial charge < -0.3 is 4.79 Å². The first-order valence-corrected chi connectivity index (χ1v) is 3.24. The van der Waals surface area contributed by atoms with E-state index in [1.54, 1.807) is 0 Å². The van der Waals surface area contributed by atoms with Crippen molar-refractivity contribution in [2.24, 2.45) is 0 Å². The Kier molecular flexibility index (Phi) is 5.88. The molecule has 0 heterocycles. The van der Waals surface area contributed by atoms with Crippen LogP contribution in [-0.2, 0) is 4.79 Å². The highest BCUT2D eigenvalue weighted by atomic mass is 35.5. The lowest BCUT2D eigenvalue weighted by atomic mass is 10.2. The molecule has 0 amide bonds. The predicted octanol–water partition coefficient (Wildman–Crippen LogP) is 3.44. The fraction of sp³-hybridized carbons (Fsp3) is 0.500. The zero-order chi connectivity index (χ0) is 12.2. The van der Waals surface area contributed by atoms with Gasteiger partial charge in [0, 0.05) is 0 Å². The Bertz CT molecular complexity index is 193. The molecule has 0 aromatic carbocycles. The van der Waals surface area contributed by atoms with Crippen LogP contribution < -0.4 is 0 Å². The molecule has 0 bridgehead atoms. The van der Waals surface area contributed by atoms with Crippen LogP contribution in [0.4, 0.5) is 26.3 Å². The zero-order valence-electron chi connectivity index (χ0n) is 6.76. The van der Waals surface area contributed by atoms with E-state index >= 15 is 0 Å². The predicted molar refractivity (Wildman–Crippen MR) is 37.8 cm³/mol. The number of alkyl halides is 6. The van der Waals surface area contributed by atoms with Crippen molar-refractivity contribution in [1.82, 2.24) is 0 Å². The summed E-state index contributed by atoms with van der Waals surface area (Å²) in [6, 6.07) is 0. The maximum Gasteiger partial charge on any atom is 0.427 e. The Morgan fingerprint density at radius 3 is 1.36 bits per heavy atom. The van der Waals surface area contributed by atoms with E-state index in [1.165, 1.54) is 0 Å². The van der Waals surface area contributed by atoms with Crippen LogP contribution in [0.3, 0.4) is 0 Å². The second kappa shape index (κ2) is 5.23. The number of carbonyl (C=O) groups is 1. The zero-order valence-corrected chi connectivity index (χ0v) is 7.52. The van der Waals surface area contributed by atoms with Crippen LogP contribution in [0.5, 0.6) is 0 Å². The summed E-state index contributed by atoms with van der Waals surface area (Å²) < 4.78 is 69.4. The largest absolute Gasteiger partial charge is 0.427 e. The maximum absolute atomic E-state index is 11.6. The molecule has 0 N–H and O–H groups in total. The van der Waals surface area contributed by atoms with Crippen molar-refractivity contribution < 1.29 is 31.1 Å². The van der Waals surface area contributed by atoms with Crippen molar-refractivity contribution in [3.05, 3.63) is 10.6 Å². The van der Waals surface area contributed by atoms with E-state index in [0.29, 0.717) is 0 Å². The van der Waals surface area contributed by atoms with Gasteiger partial charge in [0.2, 0.25) is 0 Å². The molecular formula is C6H5ClF6O. The number of carbonyl (C=O) groups excluding carboxylic acids is 1. The smallest absolute Gasteiger partial charge is 0.307 e. The third-order valence-electron chi connectivity index (χ3n) is 1.00. The van der Waals surface area contributed by atoms with Crippen molar-refractivity contribution in [2.75, 3.05) is 0 Å². The summed E-state index contributed by atoms with van der Waals surface area (Å²) in [6.07, 6.45) is -10.2. The van der Waals surface area contributed by atoms with Gasteiger partial charge in [0.25, 0.3) is 0 Å². The van der Waals surface area contributed by atoms with Crippen LogP contribution in [0, 0.1) is 0 Å². The molecule has 0 aliphatic rings. The van der Waals surface area contributed by atoms with E-state index in [1.807, 2.05) is 6.79 Å². The van der Waals surface area contributed by atoms with E-state index < -0.39 is 23.0 Å². The highest BCUT2D eigenvalue weighted by Gasteiger charge is 2.42. The maximum atomic E-state index is 11.6. The molecule has 14 heavy (non-hydrogen) atoms. The molecule has 0 radical (unpaired) electrons. The molecule has 0 atom stereocenters. The quantitative estimate of drug-likeness (QED) is 0.595. The number of allylic oxidation sites excluding steroid dienone is 2. The number of hydrogen-bond acceptors (Lipinski definition) is 1. The van der Waals surface area contributed by atoms with Gasteiger partial charge >= 0.3 is 12.4 Å². The Hall–Kier alpha value is -0.720. The lowest BCUT2D eigenvalue weighted by Crippen LogP contribution is -2.17. The summed E-state index contributed by atoms with van der Waals surface area (Å²) >= 11 is 4.43. The minimum Gasteiger partial charge on any atom is -0.307 e. The van der Waals surface area contributed by atoms with E-state index in [0.717, 1.165) is 0 Å². The van der Waals surface area contributed by atoms with Crippen molar-refractivity contribution >= 4 is 18.4 Å². The topological polar surface area (TPSA) is 17.1 Å². The summed E-state index contributed by atoms with van der Waals surface area (Å²) in [5.41, 5.74) is -1.84. The minimum absolute atomic E-state index is 0.274. The first-order chi connectivity index (χ1) is 6.07. The Balaban J connectivity index is 0. The van der Waals surface area contributed by atoms with Gasteiger partial charge in [0.1, 0.15) is 11.8 Å². The highest BCUT2D eigenvalue weighted by molar-refractivity contribution is 6.30. The first kappa shape index (κ1) is 15.7. The first-order valence-electron chi connectivity index (χ1n) is 2.86. The monoisotopic (exact) mass is 242 g/mol. The summed E-state index contributed by atoms with van der Waals surface area (Å²) in [5, 5.41) is -2.13. The second-order valence-electron chi connectivity index (χ2n) is 1.93. The molecule has 84 valence electrons. The third-order valence-corrected chi connectivity index (χ3v) is 1.50. The molecule has 0 aliphatic heterocycles. The lowest BCUT2D eigenvalue weighted by Gasteiger charge is -2.11. The van der Waals surface area contributed by atoms with Crippen LogP contribution in [0.15, 0.2) is 10.6 Å². The average Bonchev–Trinajstić information content (AvgIpc) is 2.02.